The lowest BCUT2D eigenvalue weighted by atomic mass is 9.85. The molecule has 5 rings (SSSR count). The molecule has 1 amide bonds. The third-order valence-corrected chi connectivity index (χ3v) is 10.4. The van der Waals surface area contributed by atoms with Crippen LogP contribution in [-0.2, 0) is 9.53 Å². The highest BCUT2D eigenvalue weighted by molar-refractivity contribution is 9.10. The fourth-order valence-corrected chi connectivity index (χ4v) is 6.90. The molecule has 1 aliphatic rings. The number of phenols is 1. The van der Waals surface area contributed by atoms with Gasteiger partial charge in [-0.15, -0.1) is 0 Å². The van der Waals surface area contributed by atoms with E-state index in [2.05, 4.69) is 21.2 Å². The van der Waals surface area contributed by atoms with Crippen molar-refractivity contribution in [1.29, 1.82) is 0 Å². The maximum absolute atomic E-state index is 14.0. The zero-order chi connectivity index (χ0) is 39.1. The quantitative estimate of drug-likeness (QED) is 0.0264. The van der Waals surface area contributed by atoms with Gasteiger partial charge in [0.1, 0.15) is 28.2 Å². The van der Waals surface area contributed by atoms with E-state index in [0.29, 0.717) is 16.8 Å². The number of phenolic OH excluding ortho intramolecular Hbond substituents is 1. The van der Waals surface area contributed by atoms with Crippen molar-refractivity contribution in [2.75, 3.05) is 19.0 Å². The number of fused-ring (bicyclic) bond motifs is 6. The number of carbonyl (C=O) groups is 2. The molecule has 0 bridgehead atoms. The maximum atomic E-state index is 14.0. The summed E-state index contributed by atoms with van der Waals surface area (Å²) >= 11 is 3.49. The fourth-order valence-electron chi connectivity index (χ4n) is 6.49. The molecule has 0 fully saturated rings. The van der Waals surface area contributed by atoms with Crippen LogP contribution in [0.15, 0.2) is 49.6 Å². The Bertz CT molecular complexity index is 2230. The maximum Gasteiger partial charge on any atom is 0.272 e. The number of aliphatic hydroxyl groups excluding tert-OH is 2. The van der Waals surface area contributed by atoms with E-state index in [-0.39, 0.29) is 78.9 Å². The molecule has 0 saturated carbocycles. The highest BCUT2D eigenvalue weighted by Crippen LogP contribution is 2.48. The molecule has 0 unspecified atom stereocenters. The third-order valence-electron chi connectivity index (χ3n) is 9.97. The number of ether oxygens (including phenoxy) is 3. The van der Waals surface area contributed by atoms with Crippen molar-refractivity contribution < 1.29 is 43.5 Å². The minimum absolute atomic E-state index is 0.00415. The summed E-state index contributed by atoms with van der Waals surface area (Å²) < 4.78 is 24.5. The average molecular weight is 796 g/mol. The number of unbranched alkanes of at least 4 members (excludes halogenated alkanes) is 1. The second kappa shape index (κ2) is 15.6. The molecule has 0 radical (unpaired) electrons. The number of carbonyl (C=O) groups excluding carboxylic acids is 2. The van der Waals surface area contributed by atoms with Crippen LogP contribution in [0.3, 0.4) is 0 Å². The van der Waals surface area contributed by atoms with Gasteiger partial charge in [-0.05, 0) is 38.3 Å². The molecule has 12 nitrogen and oxygen atoms in total. The number of aliphatic hydroxyl groups is 2. The smallest absolute Gasteiger partial charge is 0.272 e. The molecular weight excluding hydrogens is 748 g/mol. The van der Waals surface area contributed by atoms with Crippen molar-refractivity contribution in [1.82, 2.24) is 4.98 Å². The molecule has 0 aliphatic carbocycles. The summed E-state index contributed by atoms with van der Waals surface area (Å²) in [6, 6.07) is 3.39. The van der Waals surface area contributed by atoms with E-state index in [0.717, 1.165) is 12.8 Å². The van der Waals surface area contributed by atoms with Crippen LogP contribution in [-0.4, -0.2) is 63.7 Å². The number of hydrogen-bond donors (Lipinski definition) is 4. The first-order chi connectivity index (χ1) is 25.0. The molecule has 4 N–H and O–H groups in total. The summed E-state index contributed by atoms with van der Waals surface area (Å²) in [6.45, 7) is 14.3. The first kappa shape index (κ1) is 39.9. The number of nitrogens with zero attached hydrogens (tertiary/aromatic N) is 1. The number of allylic oxidation sites excluding steroid dienone is 2. The van der Waals surface area contributed by atoms with Gasteiger partial charge >= 0.3 is 0 Å². The Morgan fingerprint density at radius 1 is 1.11 bits per heavy atom. The molecule has 13 heteroatoms. The van der Waals surface area contributed by atoms with E-state index in [4.69, 9.17) is 23.6 Å². The van der Waals surface area contributed by atoms with Gasteiger partial charge in [-0.1, -0.05) is 75.2 Å². The Morgan fingerprint density at radius 3 is 2.45 bits per heavy atom. The van der Waals surface area contributed by atoms with Gasteiger partial charge in [-0.2, -0.15) is 0 Å². The molecule has 53 heavy (non-hydrogen) atoms. The fraction of sp³-hybridized carbons (Fsp3) is 0.450. The van der Waals surface area contributed by atoms with Crippen molar-refractivity contribution >= 4 is 66.3 Å². The normalized spacial score (nSPS) is 18.5. The lowest BCUT2D eigenvalue weighted by Crippen LogP contribution is -2.38. The molecule has 0 saturated heterocycles. The summed E-state index contributed by atoms with van der Waals surface area (Å²) in [7, 11) is 1.31. The van der Waals surface area contributed by atoms with Crippen LogP contribution >= 0.6 is 15.9 Å². The summed E-state index contributed by atoms with van der Waals surface area (Å²) in [5.74, 6) is -3.92. The Hall–Kier alpha value is -4.30. The van der Waals surface area contributed by atoms with E-state index in [9.17, 15) is 29.7 Å². The van der Waals surface area contributed by atoms with Crippen LogP contribution in [0, 0.1) is 24.7 Å². The third kappa shape index (κ3) is 7.31. The Morgan fingerprint density at radius 2 is 1.81 bits per heavy atom. The van der Waals surface area contributed by atoms with Crippen LogP contribution < -0.4 is 20.2 Å². The summed E-state index contributed by atoms with van der Waals surface area (Å²) in [6.07, 6.45) is 5.08. The van der Waals surface area contributed by atoms with Gasteiger partial charge in [0, 0.05) is 46.9 Å². The largest absolute Gasteiger partial charge is 0.505 e. The van der Waals surface area contributed by atoms with E-state index in [1.807, 2.05) is 27.7 Å². The average Bonchev–Trinajstić information content (AvgIpc) is 3.39. The molecule has 2 heterocycles. The lowest BCUT2D eigenvalue weighted by Gasteiger charge is -2.29. The van der Waals surface area contributed by atoms with Gasteiger partial charge in [0.2, 0.25) is 5.78 Å². The number of amides is 1. The van der Waals surface area contributed by atoms with E-state index in [1.54, 1.807) is 44.2 Å². The SMILES string of the molecule is CCCCOc1cc(Br)cc2oc3c(NC(=O)/C(C)=C\C=C\[C@H](C)[C@H](O)[C@@H](C)[C@@H](O)C(C)C)c(O)c4c(=O)c(C)c5c(c4c3nc12)C(=O)[C@@](C)(OC)O5. The number of methoxy groups -OCH3 is 1. The molecule has 4 aromatic rings. The number of anilines is 1. The van der Waals surface area contributed by atoms with Crippen LogP contribution in [0.1, 0.15) is 77.2 Å². The van der Waals surface area contributed by atoms with Gasteiger partial charge in [0.15, 0.2) is 22.3 Å². The Labute approximate surface area is 315 Å². The number of aromatic nitrogens is 1. The first-order valence-corrected chi connectivity index (χ1v) is 18.5. The van der Waals surface area contributed by atoms with Crippen molar-refractivity contribution in [2.45, 2.75) is 86.2 Å². The van der Waals surface area contributed by atoms with E-state index >= 15 is 0 Å². The van der Waals surface area contributed by atoms with Gasteiger partial charge in [0.25, 0.3) is 11.7 Å². The van der Waals surface area contributed by atoms with E-state index < -0.39 is 40.9 Å². The zero-order valence-electron chi connectivity index (χ0n) is 31.4. The second-order valence-electron chi connectivity index (χ2n) is 14.2. The molecule has 5 atom stereocenters. The number of aromatic hydroxyl groups is 1. The van der Waals surface area contributed by atoms with Gasteiger partial charge < -0.3 is 39.3 Å². The summed E-state index contributed by atoms with van der Waals surface area (Å²) in [5, 5.41) is 35.5. The number of benzene rings is 3. The van der Waals surface area contributed by atoms with Crippen molar-refractivity contribution in [3.05, 3.63) is 61.8 Å². The molecule has 3 aromatic carbocycles. The van der Waals surface area contributed by atoms with E-state index in [1.165, 1.54) is 21.0 Å². The minimum Gasteiger partial charge on any atom is -0.505 e. The number of Topliss-reactive ketones (excluding diaryl/α,β-unsaturated/α-hetero) is 1. The highest BCUT2D eigenvalue weighted by Gasteiger charge is 2.48. The standard InChI is InChI=1S/C40H47BrN2O10/c1-10-11-15-51-24-16-23(41)17-25-29(24)42-30-26-27(34(46)22(7)36-28(26)38(48)40(8,50-9)53-36)35(47)31(37(30)52-25)43-39(49)20(5)14-12-13-19(4)33(45)21(6)32(44)18(2)3/h12-14,16-19,21,32-33,44-45,47H,10-11,15H2,1-9H3,(H,43,49)/b13-12+,20-14-/t19-,21-,32-,33-,40-/m0/s1. The topological polar surface area (TPSA) is 178 Å². The van der Waals surface area contributed by atoms with Crippen molar-refractivity contribution in [2.24, 2.45) is 17.8 Å². The predicted molar refractivity (Wildman–Crippen MR) is 207 cm³/mol. The van der Waals surface area contributed by atoms with Crippen molar-refractivity contribution in [3.63, 3.8) is 0 Å². The summed E-state index contributed by atoms with van der Waals surface area (Å²) in [4.78, 5) is 46.6. The van der Waals surface area contributed by atoms with Crippen LogP contribution in [0.4, 0.5) is 5.69 Å². The Kier molecular flexibility index (Phi) is 11.7. The van der Waals surface area contributed by atoms with Gasteiger partial charge in [0.05, 0.1) is 29.8 Å². The molecule has 0 spiro atoms. The Balaban J connectivity index is 1.69. The summed E-state index contributed by atoms with van der Waals surface area (Å²) in [5.41, 5.74) is -0.161. The monoisotopic (exact) mass is 794 g/mol. The second-order valence-corrected chi connectivity index (χ2v) is 15.1. The first-order valence-electron chi connectivity index (χ1n) is 17.7. The lowest BCUT2D eigenvalue weighted by molar-refractivity contribution is -0.112. The number of hydrogen-bond acceptors (Lipinski definition) is 11. The molecular formula is C40H47BrN2O10. The predicted octanol–water partition coefficient (Wildman–Crippen LogP) is 7.48. The van der Waals surface area contributed by atoms with Gasteiger partial charge in [-0.25, -0.2) is 4.98 Å². The zero-order valence-corrected chi connectivity index (χ0v) is 33.0. The molecule has 1 aliphatic heterocycles. The molecule has 1 aromatic heterocycles. The molecule has 284 valence electrons. The number of ketones is 1. The number of halogens is 1. The number of rotatable bonds is 13. The minimum atomic E-state index is -1.74. The highest BCUT2D eigenvalue weighted by atomic mass is 79.9. The van der Waals surface area contributed by atoms with Crippen LogP contribution in [0.5, 0.6) is 17.2 Å². The van der Waals surface area contributed by atoms with Gasteiger partial charge in [-0.3, -0.25) is 14.4 Å². The van der Waals surface area contributed by atoms with Crippen LogP contribution in [0.25, 0.3) is 33.0 Å². The van der Waals surface area contributed by atoms with Crippen LogP contribution in [0.2, 0.25) is 0 Å². The van der Waals surface area contributed by atoms with Crippen molar-refractivity contribution in [3.8, 4) is 17.2 Å². The number of nitrogens with one attached hydrogen (secondary N) is 1.